The Bertz CT molecular complexity index is 838. The summed E-state index contributed by atoms with van der Waals surface area (Å²) in [5.41, 5.74) is -0.204. The summed E-state index contributed by atoms with van der Waals surface area (Å²) < 4.78 is 45.7. The molecule has 0 amide bonds. The van der Waals surface area contributed by atoms with Crippen LogP contribution in [0.4, 0.5) is 10.1 Å². The highest BCUT2D eigenvalue weighted by Crippen LogP contribution is 2.27. The Hall–Kier alpha value is -2.06. The van der Waals surface area contributed by atoms with Gasteiger partial charge in [0.05, 0.1) is 17.2 Å². The molecule has 134 valence electrons. The summed E-state index contributed by atoms with van der Waals surface area (Å²) in [4.78, 5) is 12.7. The molecule has 2 aromatic carbocycles. The number of carbonyl (C=O) groups is 1. The van der Waals surface area contributed by atoms with Gasteiger partial charge in [-0.25, -0.2) is 12.8 Å². The molecule has 0 heterocycles. The van der Waals surface area contributed by atoms with Gasteiger partial charge in [-0.3, -0.25) is 9.10 Å². The van der Waals surface area contributed by atoms with Gasteiger partial charge < -0.3 is 4.74 Å². The van der Waals surface area contributed by atoms with Crippen molar-refractivity contribution in [2.45, 2.75) is 16.7 Å². The summed E-state index contributed by atoms with van der Waals surface area (Å²) in [5, 5.41) is 0. The Morgan fingerprint density at radius 3 is 2.36 bits per heavy atom. The van der Waals surface area contributed by atoms with Crippen LogP contribution in [-0.4, -0.2) is 33.8 Å². The second kappa shape index (κ2) is 8.35. The topological polar surface area (TPSA) is 63.7 Å². The van der Waals surface area contributed by atoms with Crippen molar-refractivity contribution in [3.8, 4) is 0 Å². The monoisotopic (exact) mass is 383 g/mol. The number of nitrogens with zero attached hydrogens (tertiary/aromatic N) is 1. The van der Waals surface area contributed by atoms with Crippen LogP contribution in [0.15, 0.2) is 58.3 Å². The molecule has 0 aliphatic carbocycles. The second-order valence-electron chi connectivity index (χ2n) is 4.94. The van der Waals surface area contributed by atoms with Gasteiger partial charge >= 0.3 is 5.97 Å². The maximum Gasteiger partial charge on any atom is 0.326 e. The van der Waals surface area contributed by atoms with Crippen molar-refractivity contribution in [2.75, 3.05) is 23.7 Å². The highest BCUT2D eigenvalue weighted by molar-refractivity contribution is 7.98. The highest BCUT2D eigenvalue weighted by Gasteiger charge is 2.29. The maximum absolute atomic E-state index is 14.2. The number of ether oxygens (including phenoxy) is 1. The quantitative estimate of drug-likeness (QED) is 0.542. The van der Waals surface area contributed by atoms with Gasteiger partial charge in [0.1, 0.15) is 12.4 Å². The molecule has 0 N–H and O–H groups in total. The minimum atomic E-state index is -4.13. The molecule has 0 saturated heterocycles. The van der Waals surface area contributed by atoms with Crippen LogP contribution in [0.5, 0.6) is 0 Å². The summed E-state index contributed by atoms with van der Waals surface area (Å²) in [6, 6.07) is 11.6. The van der Waals surface area contributed by atoms with E-state index in [9.17, 15) is 17.6 Å². The van der Waals surface area contributed by atoms with Gasteiger partial charge in [0.2, 0.25) is 0 Å². The number of carbonyl (C=O) groups excluding carboxylic acids is 1. The summed E-state index contributed by atoms with van der Waals surface area (Å²) in [6.07, 6.45) is 1.87. The predicted molar refractivity (Wildman–Crippen MR) is 95.8 cm³/mol. The third-order valence-corrected chi connectivity index (χ3v) is 5.86. The molecule has 0 aromatic heterocycles. The first-order valence-electron chi connectivity index (χ1n) is 7.47. The number of sulfonamides is 1. The van der Waals surface area contributed by atoms with E-state index in [1.165, 1.54) is 42.1 Å². The molecule has 25 heavy (non-hydrogen) atoms. The zero-order valence-corrected chi connectivity index (χ0v) is 15.4. The molecule has 2 aromatic rings. The van der Waals surface area contributed by atoms with E-state index in [-0.39, 0.29) is 17.2 Å². The molecule has 0 unspecified atom stereocenters. The largest absolute Gasteiger partial charge is 0.465 e. The Balaban J connectivity index is 2.49. The van der Waals surface area contributed by atoms with Crippen LogP contribution >= 0.6 is 11.8 Å². The molecule has 0 atom stereocenters. The average molecular weight is 383 g/mol. The minimum Gasteiger partial charge on any atom is -0.465 e. The third kappa shape index (κ3) is 4.52. The average Bonchev–Trinajstić information content (AvgIpc) is 2.60. The predicted octanol–water partition coefficient (Wildman–Crippen LogP) is 3.31. The first kappa shape index (κ1) is 19.3. The van der Waals surface area contributed by atoms with Crippen LogP contribution in [0.2, 0.25) is 0 Å². The van der Waals surface area contributed by atoms with Crippen LogP contribution in [-0.2, 0) is 19.6 Å². The van der Waals surface area contributed by atoms with Crippen molar-refractivity contribution in [1.82, 2.24) is 0 Å². The summed E-state index contributed by atoms with van der Waals surface area (Å²) in [6.45, 7) is 1.11. The Labute approximate surface area is 150 Å². The van der Waals surface area contributed by atoms with Crippen molar-refractivity contribution in [1.29, 1.82) is 0 Å². The van der Waals surface area contributed by atoms with E-state index in [2.05, 4.69) is 0 Å². The SMILES string of the molecule is CCOC(=O)CN(c1ccccc1F)S(=O)(=O)c1ccc(SC)cc1. The van der Waals surface area contributed by atoms with E-state index in [1.807, 2.05) is 6.26 Å². The number of benzene rings is 2. The van der Waals surface area contributed by atoms with Gasteiger partial charge in [0.25, 0.3) is 10.0 Å². The molecule has 0 radical (unpaired) electrons. The molecule has 0 saturated carbocycles. The Morgan fingerprint density at radius 1 is 1.16 bits per heavy atom. The van der Waals surface area contributed by atoms with Gasteiger partial charge in [-0.05, 0) is 49.6 Å². The van der Waals surface area contributed by atoms with Crippen molar-refractivity contribution in [3.05, 3.63) is 54.3 Å². The van der Waals surface area contributed by atoms with Gasteiger partial charge in [-0.15, -0.1) is 11.8 Å². The van der Waals surface area contributed by atoms with E-state index in [1.54, 1.807) is 19.1 Å². The lowest BCUT2D eigenvalue weighted by Gasteiger charge is -2.24. The van der Waals surface area contributed by atoms with Crippen molar-refractivity contribution in [3.63, 3.8) is 0 Å². The number of anilines is 1. The maximum atomic E-state index is 14.2. The molecule has 0 fully saturated rings. The lowest BCUT2D eigenvalue weighted by atomic mass is 10.3. The van der Waals surface area contributed by atoms with E-state index in [4.69, 9.17) is 4.74 Å². The summed E-state index contributed by atoms with van der Waals surface area (Å²) in [5.74, 6) is -1.49. The highest BCUT2D eigenvalue weighted by atomic mass is 32.2. The molecule has 0 spiro atoms. The molecular weight excluding hydrogens is 365 g/mol. The van der Waals surface area contributed by atoms with E-state index in [0.29, 0.717) is 0 Å². The van der Waals surface area contributed by atoms with Crippen LogP contribution in [0.1, 0.15) is 6.92 Å². The van der Waals surface area contributed by atoms with E-state index < -0.39 is 28.4 Å². The smallest absolute Gasteiger partial charge is 0.326 e. The van der Waals surface area contributed by atoms with E-state index in [0.717, 1.165) is 15.3 Å². The fourth-order valence-electron chi connectivity index (χ4n) is 2.15. The van der Waals surface area contributed by atoms with Crippen molar-refractivity contribution >= 4 is 33.4 Å². The van der Waals surface area contributed by atoms with Crippen LogP contribution in [0.25, 0.3) is 0 Å². The number of rotatable bonds is 7. The Morgan fingerprint density at radius 2 is 1.80 bits per heavy atom. The Kier molecular flexibility index (Phi) is 6.44. The molecule has 0 aliphatic rings. The van der Waals surface area contributed by atoms with Crippen LogP contribution in [0.3, 0.4) is 0 Å². The van der Waals surface area contributed by atoms with Crippen LogP contribution in [0, 0.1) is 5.82 Å². The minimum absolute atomic E-state index is 0.0298. The van der Waals surface area contributed by atoms with Gasteiger partial charge in [0.15, 0.2) is 0 Å². The number of thioether (sulfide) groups is 1. The lowest BCUT2D eigenvalue weighted by Crippen LogP contribution is -2.37. The zero-order chi connectivity index (χ0) is 18.4. The van der Waals surface area contributed by atoms with Gasteiger partial charge in [0, 0.05) is 4.90 Å². The summed E-state index contributed by atoms with van der Waals surface area (Å²) >= 11 is 1.47. The van der Waals surface area contributed by atoms with Crippen molar-refractivity contribution in [2.24, 2.45) is 0 Å². The summed E-state index contributed by atoms with van der Waals surface area (Å²) in [7, 11) is -4.13. The number of halogens is 1. The molecule has 0 aliphatic heterocycles. The molecule has 2 rings (SSSR count). The molecule has 5 nitrogen and oxygen atoms in total. The number of hydrogen-bond donors (Lipinski definition) is 0. The second-order valence-corrected chi connectivity index (χ2v) is 7.69. The number of hydrogen-bond acceptors (Lipinski definition) is 5. The first-order valence-corrected chi connectivity index (χ1v) is 10.1. The van der Waals surface area contributed by atoms with E-state index >= 15 is 0 Å². The first-order chi connectivity index (χ1) is 11.9. The van der Waals surface area contributed by atoms with Crippen LogP contribution < -0.4 is 4.31 Å². The fourth-order valence-corrected chi connectivity index (χ4v) is 3.98. The standard InChI is InChI=1S/C17H18FNO4S2/c1-3-23-17(20)12-19(16-7-5-4-6-15(16)18)25(21,22)14-10-8-13(24-2)9-11-14/h4-11H,3,12H2,1-2H3. The number of para-hydroxylation sites is 1. The zero-order valence-electron chi connectivity index (χ0n) is 13.8. The molecule has 8 heteroatoms. The fraction of sp³-hybridized carbons (Fsp3) is 0.235. The number of esters is 1. The van der Waals surface area contributed by atoms with Gasteiger partial charge in [-0.2, -0.15) is 0 Å². The van der Waals surface area contributed by atoms with Crippen molar-refractivity contribution < 1.29 is 22.3 Å². The molecule has 0 bridgehead atoms. The third-order valence-electron chi connectivity index (χ3n) is 3.35. The normalized spacial score (nSPS) is 11.2. The van der Waals surface area contributed by atoms with Gasteiger partial charge in [-0.1, -0.05) is 12.1 Å². The molecular formula is C17H18FNO4S2. The lowest BCUT2D eigenvalue weighted by molar-refractivity contribution is -0.141.